The zero-order chi connectivity index (χ0) is 16.1. The number of carbonyl (C=O) groups is 1. The van der Waals surface area contributed by atoms with Crippen LogP contribution in [0, 0.1) is 0 Å². The Morgan fingerprint density at radius 1 is 0.958 bits per heavy atom. The second-order valence-electron chi connectivity index (χ2n) is 6.62. The van der Waals surface area contributed by atoms with E-state index in [9.17, 15) is 4.79 Å². The minimum Gasteiger partial charge on any atom is -0.294 e. The molecule has 0 spiro atoms. The molecule has 2 aliphatic carbocycles. The van der Waals surface area contributed by atoms with E-state index < -0.39 is 0 Å². The van der Waals surface area contributed by atoms with Crippen molar-refractivity contribution < 1.29 is 4.79 Å². The molecule has 0 N–H and O–H groups in total. The number of aromatic nitrogens is 3. The van der Waals surface area contributed by atoms with Crippen molar-refractivity contribution in [2.24, 2.45) is 0 Å². The zero-order valence-corrected chi connectivity index (χ0v) is 13.2. The van der Waals surface area contributed by atoms with Crippen LogP contribution in [-0.2, 0) is 0 Å². The molecule has 4 heteroatoms. The van der Waals surface area contributed by atoms with Crippen LogP contribution in [0.3, 0.4) is 0 Å². The lowest BCUT2D eigenvalue weighted by Gasteiger charge is -2.12. The van der Waals surface area contributed by atoms with Crippen molar-refractivity contribution in [2.45, 2.75) is 31.1 Å². The Kier molecular flexibility index (Phi) is 2.92. The van der Waals surface area contributed by atoms with Crippen LogP contribution in [0.15, 0.2) is 54.6 Å². The molecule has 0 bridgehead atoms. The van der Waals surface area contributed by atoms with Crippen molar-refractivity contribution in [3.8, 4) is 5.69 Å². The standard InChI is InChI=1S/C20H17N3O/c24-18-12-17(15-8-4-5-9-16(15)18)20-21-19(13-10-11-13)22-23(20)14-6-2-1-3-7-14/h1-9,13,17H,10-12H2. The van der Waals surface area contributed by atoms with Gasteiger partial charge in [0.05, 0.1) is 11.6 Å². The topological polar surface area (TPSA) is 47.8 Å². The van der Waals surface area contributed by atoms with Gasteiger partial charge in [0.25, 0.3) is 0 Å². The number of rotatable bonds is 3. The highest BCUT2D eigenvalue weighted by Crippen LogP contribution is 2.42. The van der Waals surface area contributed by atoms with E-state index in [2.05, 4.69) is 0 Å². The first-order chi connectivity index (χ1) is 11.8. The van der Waals surface area contributed by atoms with Crippen molar-refractivity contribution in [2.75, 3.05) is 0 Å². The smallest absolute Gasteiger partial charge is 0.164 e. The van der Waals surface area contributed by atoms with Gasteiger partial charge in [-0.25, -0.2) is 9.67 Å². The largest absolute Gasteiger partial charge is 0.294 e. The molecule has 1 fully saturated rings. The third kappa shape index (κ3) is 2.10. The van der Waals surface area contributed by atoms with Crippen LogP contribution in [0.5, 0.6) is 0 Å². The number of hydrogen-bond donors (Lipinski definition) is 0. The lowest BCUT2D eigenvalue weighted by Crippen LogP contribution is -2.08. The van der Waals surface area contributed by atoms with Crippen LogP contribution in [0.25, 0.3) is 5.69 Å². The highest BCUT2D eigenvalue weighted by atomic mass is 16.1. The number of nitrogens with zero attached hydrogens (tertiary/aromatic N) is 3. The van der Waals surface area contributed by atoms with Crippen molar-refractivity contribution in [3.63, 3.8) is 0 Å². The molecule has 1 aromatic heterocycles. The van der Waals surface area contributed by atoms with Crippen molar-refractivity contribution in [3.05, 3.63) is 77.4 Å². The van der Waals surface area contributed by atoms with E-state index in [1.165, 1.54) is 12.8 Å². The van der Waals surface area contributed by atoms with Crippen molar-refractivity contribution in [1.29, 1.82) is 0 Å². The molecule has 24 heavy (non-hydrogen) atoms. The number of hydrogen-bond acceptors (Lipinski definition) is 3. The van der Waals surface area contributed by atoms with Gasteiger partial charge < -0.3 is 0 Å². The molecule has 0 radical (unpaired) electrons. The predicted molar refractivity (Wildman–Crippen MR) is 90.6 cm³/mol. The van der Waals surface area contributed by atoms with Gasteiger partial charge in [-0.3, -0.25) is 4.79 Å². The highest BCUT2D eigenvalue weighted by molar-refractivity contribution is 6.01. The van der Waals surface area contributed by atoms with Gasteiger partial charge in [0.15, 0.2) is 11.6 Å². The Hall–Kier alpha value is -2.75. The molecule has 0 aliphatic heterocycles. The minimum absolute atomic E-state index is 0.00564. The van der Waals surface area contributed by atoms with Crippen LogP contribution < -0.4 is 0 Å². The third-order valence-corrected chi connectivity index (χ3v) is 4.93. The van der Waals surface area contributed by atoms with Gasteiger partial charge in [-0.1, -0.05) is 42.5 Å². The summed E-state index contributed by atoms with van der Waals surface area (Å²) < 4.78 is 1.94. The van der Waals surface area contributed by atoms with Crippen molar-refractivity contribution >= 4 is 5.78 Å². The average molecular weight is 315 g/mol. The fraction of sp³-hybridized carbons (Fsp3) is 0.250. The molecule has 2 aliphatic rings. The Morgan fingerprint density at radius 2 is 1.71 bits per heavy atom. The second-order valence-corrected chi connectivity index (χ2v) is 6.62. The normalized spacial score (nSPS) is 19.5. The maximum Gasteiger partial charge on any atom is 0.164 e. The van der Waals surface area contributed by atoms with Crippen LogP contribution in [0.1, 0.15) is 58.7 Å². The summed E-state index contributed by atoms with van der Waals surface area (Å²) in [4.78, 5) is 17.3. The predicted octanol–water partition coefficient (Wildman–Crippen LogP) is 3.86. The quantitative estimate of drug-likeness (QED) is 0.737. The first-order valence-corrected chi connectivity index (χ1v) is 8.45. The molecule has 0 saturated heterocycles. The number of Topliss-reactive ketones (excluding diaryl/α,β-unsaturated/α-hetero) is 1. The van der Waals surface area contributed by atoms with Crippen LogP contribution in [-0.4, -0.2) is 20.5 Å². The summed E-state index contributed by atoms with van der Waals surface area (Å²) >= 11 is 0. The van der Waals surface area contributed by atoms with Gasteiger partial charge in [0, 0.05) is 17.9 Å². The van der Waals surface area contributed by atoms with E-state index in [4.69, 9.17) is 10.1 Å². The maximum absolute atomic E-state index is 12.4. The number of carbonyl (C=O) groups excluding carboxylic acids is 1. The summed E-state index contributed by atoms with van der Waals surface area (Å²) in [6.07, 6.45) is 2.81. The van der Waals surface area contributed by atoms with E-state index in [-0.39, 0.29) is 11.7 Å². The van der Waals surface area contributed by atoms with Gasteiger partial charge in [-0.2, -0.15) is 5.10 Å². The Balaban J connectivity index is 1.67. The molecule has 1 unspecified atom stereocenters. The highest BCUT2D eigenvalue weighted by Gasteiger charge is 2.36. The summed E-state index contributed by atoms with van der Waals surface area (Å²) in [6.45, 7) is 0. The number of para-hydroxylation sites is 1. The van der Waals surface area contributed by atoms with E-state index in [1.54, 1.807) is 0 Å². The molecule has 2 aromatic carbocycles. The van der Waals surface area contributed by atoms with Gasteiger partial charge in [0.1, 0.15) is 5.82 Å². The number of benzene rings is 2. The molecule has 1 atom stereocenters. The fourth-order valence-corrected chi connectivity index (χ4v) is 3.53. The Bertz CT molecular complexity index is 925. The number of ketones is 1. The van der Waals surface area contributed by atoms with Crippen LogP contribution in [0.4, 0.5) is 0 Å². The van der Waals surface area contributed by atoms with Crippen LogP contribution >= 0.6 is 0 Å². The Morgan fingerprint density at radius 3 is 2.50 bits per heavy atom. The van der Waals surface area contributed by atoms with E-state index in [0.717, 1.165) is 28.5 Å². The first kappa shape index (κ1) is 13.7. The molecule has 3 aromatic rings. The maximum atomic E-state index is 12.4. The second kappa shape index (κ2) is 5.13. The van der Waals surface area contributed by atoms with Crippen LogP contribution in [0.2, 0.25) is 0 Å². The van der Waals surface area contributed by atoms with E-state index in [1.807, 2.05) is 59.3 Å². The lowest BCUT2D eigenvalue weighted by molar-refractivity contribution is 0.0990. The third-order valence-electron chi connectivity index (χ3n) is 4.93. The molecule has 0 amide bonds. The minimum atomic E-state index is -0.00564. The Labute approximate surface area is 140 Å². The monoisotopic (exact) mass is 315 g/mol. The van der Waals surface area contributed by atoms with Gasteiger partial charge in [-0.05, 0) is 30.5 Å². The van der Waals surface area contributed by atoms with E-state index >= 15 is 0 Å². The summed E-state index contributed by atoms with van der Waals surface area (Å²) in [7, 11) is 0. The van der Waals surface area contributed by atoms with Gasteiger partial charge in [-0.15, -0.1) is 0 Å². The number of fused-ring (bicyclic) bond motifs is 1. The summed E-state index contributed by atoms with van der Waals surface area (Å²) in [5.74, 6) is 2.49. The first-order valence-electron chi connectivity index (χ1n) is 8.45. The van der Waals surface area contributed by atoms with Crippen molar-refractivity contribution in [1.82, 2.24) is 14.8 Å². The fourth-order valence-electron chi connectivity index (χ4n) is 3.53. The summed E-state index contributed by atoms with van der Waals surface area (Å²) in [6, 6.07) is 18.0. The summed E-state index contributed by atoms with van der Waals surface area (Å²) in [5.41, 5.74) is 2.91. The van der Waals surface area contributed by atoms with Gasteiger partial charge >= 0.3 is 0 Å². The SMILES string of the molecule is O=C1CC(c2nc(C3CC3)nn2-c2ccccc2)c2ccccc21. The molecule has 5 rings (SSSR count). The average Bonchev–Trinajstić information content (AvgIpc) is 3.30. The molecule has 1 heterocycles. The van der Waals surface area contributed by atoms with Gasteiger partial charge in [0.2, 0.25) is 0 Å². The molecule has 1 saturated carbocycles. The lowest BCUT2D eigenvalue weighted by atomic mass is 10.0. The van der Waals surface area contributed by atoms with E-state index in [0.29, 0.717) is 12.3 Å². The molecule has 4 nitrogen and oxygen atoms in total. The molecular weight excluding hydrogens is 298 g/mol. The molecule has 118 valence electrons. The molecular formula is C20H17N3O. The zero-order valence-electron chi connectivity index (χ0n) is 13.2. The summed E-state index contributed by atoms with van der Waals surface area (Å²) in [5, 5.41) is 4.78.